The number of halogens is 1. The number of rotatable bonds is 2. The largest absolute Gasteiger partial charge is 0.327 e. The third-order valence-electron chi connectivity index (χ3n) is 6.15. The molecule has 1 aliphatic carbocycles. The second-order valence-corrected chi connectivity index (χ2v) is 8.36. The molecular weight excluding hydrogens is 418 g/mol. The fourth-order valence-electron chi connectivity index (χ4n) is 4.75. The standard InChI is InChI=1S/C22H16ClN5O3/c23-13-5-6-15-12(9-13)7-8-22(15)19(30)27(21(31)26-22)11-14-10-18(29)28-17-4-2-1-3-16(17)25-20(28)24-14/h1-6,9-10H,7-8,11H2,(H,24,25)(H,26,31). The molecule has 3 heterocycles. The van der Waals surface area contributed by atoms with Gasteiger partial charge in [0.25, 0.3) is 11.5 Å². The average molecular weight is 434 g/mol. The topological polar surface area (TPSA) is 99.6 Å². The quantitative estimate of drug-likeness (QED) is 0.475. The number of carbonyl (C=O) groups excluding carboxylic acids is 2. The highest BCUT2D eigenvalue weighted by Gasteiger charge is 2.55. The van der Waals surface area contributed by atoms with Crippen LogP contribution in [-0.2, 0) is 23.3 Å². The lowest BCUT2D eigenvalue weighted by Crippen LogP contribution is -2.41. The minimum absolute atomic E-state index is 0.0513. The Balaban J connectivity index is 1.38. The SMILES string of the molecule is O=C1NC2(CCc3cc(Cl)ccc32)C(=O)N1Cc1cc(=O)n2c(nc3ccccc32)[nH]1. The number of H-pyrrole nitrogens is 1. The lowest BCUT2D eigenvalue weighted by atomic mass is 9.92. The molecule has 4 aromatic rings. The van der Waals surface area contributed by atoms with E-state index in [2.05, 4.69) is 15.3 Å². The Bertz CT molecular complexity index is 1490. The molecule has 1 fully saturated rings. The molecule has 0 saturated carbocycles. The number of hydrogen-bond acceptors (Lipinski definition) is 4. The number of amides is 3. The van der Waals surface area contributed by atoms with Gasteiger partial charge in [-0.1, -0.05) is 29.8 Å². The number of imidazole rings is 1. The molecule has 1 spiro atoms. The molecule has 3 amide bonds. The van der Waals surface area contributed by atoms with Crippen LogP contribution in [0.3, 0.4) is 0 Å². The van der Waals surface area contributed by atoms with Crippen molar-refractivity contribution in [1.29, 1.82) is 0 Å². The first-order valence-corrected chi connectivity index (χ1v) is 10.3. The van der Waals surface area contributed by atoms with Gasteiger partial charge in [0.05, 0.1) is 17.6 Å². The predicted octanol–water partition coefficient (Wildman–Crippen LogP) is 2.72. The second-order valence-electron chi connectivity index (χ2n) is 7.92. The number of benzene rings is 2. The number of fused-ring (bicyclic) bond motifs is 5. The van der Waals surface area contributed by atoms with Crippen molar-refractivity contribution in [3.63, 3.8) is 0 Å². The van der Waals surface area contributed by atoms with Gasteiger partial charge in [0.15, 0.2) is 0 Å². The maximum atomic E-state index is 13.4. The van der Waals surface area contributed by atoms with E-state index in [-0.39, 0.29) is 18.0 Å². The summed E-state index contributed by atoms with van der Waals surface area (Å²) in [6.07, 6.45) is 1.13. The van der Waals surface area contributed by atoms with Gasteiger partial charge in [-0.3, -0.25) is 14.5 Å². The van der Waals surface area contributed by atoms with Gasteiger partial charge in [-0.2, -0.15) is 0 Å². The van der Waals surface area contributed by atoms with Crippen molar-refractivity contribution >= 4 is 40.4 Å². The van der Waals surface area contributed by atoms with E-state index in [1.54, 1.807) is 12.1 Å². The summed E-state index contributed by atoms with van der Waals surface area (Å²) in [7, 11) is 0. The summed E-state index contributed by atoms with van der Waals surface area (Å²) in [5.41, 5.74) is 2.19. The summed E-state index contributed by atoms with van der Waals surface area (Å²) >= 11 is 6.09. The molecule has 1 aliphatic heterocycles. The summed E-state index contributed by atoms with van der Waals surface area (Å²) in [5, 5.41) is 3.48. The maximum Gasteiger partial charge on any atom is 0.325 e. The first-order chi connectivity index (χ1) is 15.0. The van der Waals surface area contributed by atoms with Crippen molar-refractivity contribution in [1.82, 2.24) is 24.6 Å². The number of carbonyl (C=O) groups is 2. The van der Waals surface area contributed by atoms with Gasteiger partial charge in [0, 0.05) is 16.8 Å². The molecule has 1 atom stereocenters. The zero-order valence-corrected chi connectivity index (χ0v) is 16.9. The van der Waals surface area contributed by atoms with Crippen LogP contribution in [-0.4, -0.2) is 31.2 Å². The molecule has 1 saturated heterocycles. The minimum atomic E-state index is -1.08. The molecule has 2 aromatic heterocycles. The Hall–Kier alpha value is -3.65. The van der Waals surface area contributed by atoms with Gasteiger partial charge in [0.2, 0.25) is 5.78 Å². The van der Waals surface area contributed by atoms with E-state index in [1.165, 1.54) is 10.5 Å². The van der Waals surface area contributed by atoms with Crippen LogP contribution in [0.5, 0.6) is 0 Å². The molecule has 1 unspecified atom stereocenters. The second kappa shape index (κ2) is 6.18. The number of hydrogen-bond donors (Lipinski definition) is 2. The van der Waals surface area contributed by atoms with Gasteiger partial charge in [0.1, 0.15) is 5.54 Å². The summed E-state index contributed by atoms with van der Waals surface area (Å²) in [4.78, 5) is 47.6. The molecule has 2 N–H and O–H groups in total. The zero-order valence-electron chi connectivity index (χ0n) is 16.2. The zero-order chi connectivity index (χ0) is 21.3. The normalized spacial score (nSPS) is 20.2. The average Bonchev–Trinajstić information content (AvgIpc) is 3.36. The molecule has 6 rings (SSSR count). The van der Waals surface area contributed by atoms with Gasteiger partial charge < -0.3 is 10.3 Å². The van der Waals surface area contributed by atoms with Crippen LogP contribution < -0.4 is 10.9 Å². The van der Waals surface area contributed by atoms with E-state index in [0.717, 1.165) is 16.0 Å². The van der Waals surface area contributed by atoms with Crippen LogP contribution in [0.25, 0.3) is 16.8 Å². The monoisotopic (exact) mass is 433 g/mol. The Morgan fingerprint density at radius 1 is 1.10 bits per heavy atom. The third-order valence-corrected chi connectivity index (χ3v) is 6.39. The fraction of sp³-hybridized carbons (Fsp3) is 0.182. The highest BCUT2D eigenvalue weighted by molar-refractivity contribution is 6.30. The molecule has 2 aliphatic rings. The smallest absolute Gasteiger partial charge is 0.325 e. The maximum absolute atomic E-state index is 13.4. The molecule has 31 heavy (non-hydrogen) atoms. The van der Waals surface area contributed by atoms with E-state index in [9.17, 15) is 14.4 Å². The predicted molar refractivity (Wildman–Crippen MR) is 114 cm³/mol. The lowest BCUT2D eigenvalue weighted by Gasteiger charge is -2.22. The van der Waals surface area contributed by atoms with Crippen LogP contribution in [0.4, 0.5) is 4.79 Å². The van der Waals surface area contributed by atoms with E-state index >= 15 is 0 Å². The van der Waals surface area contributed by atoms with Crippen molar-refractivity contribution < 1.29 is 9.59 Å². The Morgan fingerprint density at radius 2 is 1.94 bits per heavy atom. The molecule has 0 radical (unpaired) electrons. The van der Waals surface area contributed by atoms with Gasteiger partial charge in [-0.15, -0.1) is 0 Å². The number of nitrogens with zero attached hydrogens (tertiary/aromatic N) is 3. The first kappa shape index (κ1) is 18.1. The number of aryl methyl sites for hydroxylation is 1. The number of imide groups is 1. The Morgan fingerprint density at radius 3 is 2.81 bits per heavy atom. The summed E-state index contributed by atoms with van der Waals surface area (Å²) in [5.74, 6) is 0.0409. The molecule has 8 nitrogen and oxygen atoms in total. The fourth-order valence-corrected chi connectivity index (χ4v) is 4.94. The number of urea groups is 1. The number of nitrogens with one attached hydrogen (secondary N) is 2. The Labute approximate surface area is 180 Å². The van der Waals surface area contributed by atoms with E-state index in [0.29, 0.717) is 40.4 Å². The van der Waals surface area contributed by atoms with Crippen LogP contribution in [0.15, 0.2) is 53.3 Å². The van der Waals surface area contributed by atoms with Crippen molar-refractivity contribution in [3.8, 4) is 0 Å². The number of para-hydroxylation sites is 2. The summed E-state index contributed by atoms with van der Waals surface area (Å²) in [6.45, 7) is -0.0513. The van der Waals surface area contributed by atoms with E-state index in [4.69, 9.17) is 11.6 Å². The van der Waals surface area contributed by atoms with Gasteiger partial charge in [-0.25, -0.2) is 14.2 Å². The van der Waals surface area contributed by atoms with Crippen LogP contribution >= 0.6 is 11.6 Å². The van der Waals surface area contributed by atoms with Crippen molar-refractivity contribution in [2.45, 2.75) is 24.9 Å². The van der Waals surface area contributed by atoms with Crippen molar-refractivity contribution in [2.75, 3.05) is 0 Å². The molecular formula is C22H16ClN5O3. The Kier molecular flexibility index (Phi) is 3.62. The summed E-state index contributed by atoms with van der Waals surface area (Å²) in [6, 6.07) is 13.6. The molecule has 154 valence electrons. The van der Waals surface area contributed by atoms with Crippen LogP contribution in [0.2, 0.25) is 5.02 Å². The summed E-state index contributed by atoms with van der Waals surface area (Å²) < 4.78 is 1.48. The van der Waals surface area contributed by atoms with Gasteiger partial charge in [-0.05, 0) is 48.2 Å². The van der Waals surface area contributed by atoms with Crippen molar-refractivity contribution in [2.24, 2.45) is 0 Å². The van der Waals surface area contributed by atoms with Crippen LogP contribution in [0.1, 0.15) is 23.2 Å². The molecule has 9 heteroatoms. The first-order valence-electron chi connectivity index (χ1n) is 9.89. The number of aromatic amines is 1. The highest BCUT2D eigenvalue weighted by atomic mass is 35.5. The molecule has 2 aromatic carbocycles. The highest BCUT2D eigenvalue weighted by Crippen LogP contribution is 2.42. The lowest BCUT2D eigenvalue weighted by molar-refractivity contribution is -0.132. The molecule has 0 bridgehead atoms. The van der Waals surface area contributed by atoms with Gasteiger partial charge >= 0.3 is 6.03 Å². The number of aromatic nitrogens is 3. The van der Waals surface area contributed by atoms with Crippen LogP contribution in [0, 0.1) is 0 Å². The van der Waals surface area contributed by atoms with E-state index in [1.807, 2.05) is 30.3 Å². The minimum Gasteiger partial charge on any atom is -0.327 e. The van der Waals surface area contributed by atoms with Crippen molar-refractivity contribution in [3.05, 3.63) is 80.7 Å². The third kappa shape index (κ3) is 2.48. The van der Waals surface area contributed by atoms with E-state index < -0.39 is 11.6 Å².